The van der Waals surface area contributed by atoms with Crippen LogP contribution in [0.1, 0.15) is 98.8 Å². The molecule has 9 atom stereocenters. The Kier molecular flexibility index (Phi) is 4.07. The molecule has 3 heteroatoms. The number of aliphatic hydroxyl groups excluding tert-OH is 1. The maximum Gasteiger partial charge on any atom is 0.303 e. The van der Waals surface area contributed by atoms with Gasteiger partial charge in [0.05, 0.1) is 6.10 Å². The van der Waals surface area contributed by atoms with Crippen molar-refractivity contribution >= 4 is 5.97 Å². The van der Waals surface area contributed by atoms with E-state index in [0.29, 0.717) is 34.5 Å². The highest BCUT2D eigenvalue weighted by molar-refractivity contribution is 5.67. The quantitative estimate of drug-likeness (QED) is 0.618. The van der Waals surface area contributed by atoms with E-state index >= 15 is 0 Å². The van der Waals surface area contributed by atoms with E-state index in [-0.39, 0.29) is 22.9 Å². The van der Waals surface area contributed by atoms with E-state index in [4.69, 9.17) is 0 Å². The largest absolute Gasteiger partial charge is 0.481 e. The molecule has 0 bridgehead atoms. The van der Waals surface area contributed by atoms with E-state index in [2.05, 4.69) is 34.6 Å². The van der Waals surface area contributed by atoms with Crippen LogP contribution in [-0.2, 0) is 4.79 Å². The van der Waals surface area contributed by atoms with E-state index in [9.17, 15) is 15.0 Å². The van der Waals surface area contributed by atoms with Crippen molar-refractivity contribution < 1.29 is 15.0 Å². The summed E-state index contributed by atoms with van der Waals surface area (Å²) < 4.78 is 0. The van der Waals surface area contributed by atoms with Gasteiger partial charge in [0.1, 0.15) is 0 Å². The van der Waals surface area contributed by atoms with Crippen molar-refractivity contribution in [1.82, 2.24) is 0 Å². The molecule has 0 saturated heterocycles. The summed E-state index contributed by atoms with van der Waals surface area (Å²) in [5, 5.41) is 20.2. The fourth-order valence-corrected chi connectivity index (χ4v) is 10.7. The number of aliphatic carboxylic acids is 1. The number of carboxylic acid groups (broad SMARTS) is 1. The Balaban J connectivity index is 1.48. The summed E-state index contributed by atoms with van der Waals surface area (Å²) in [6, 6.07) is 0. The highest BCUT2D eigenvalue weighted by Gasteiger charge is 2.82. The summed E-state index contributed by atoms with van der Waals surface area (Å²) in [5.74, 6) is 1.69. The number of carboxylic acids is 1. The highest BCUT2D eigenvalue weighted by atomic mass is 16.4. The van der Waals surface area contributed by atoms with Gasteiger partial charge in [-0.25, -0.2) is 0 Å². The second-order valence-corrected chi connectivity index (χ2v) is 13.1. The lowest BCUT2D eigenvalue weighted by Gasteiger charge is -2.63. The molecule has 0 aliphatic heterocycles. The van der Waals surface area contributed by atoms with Crippen LogP contribution in [0.25, 0.3) is 0 Å². The first-order chi connectivity index (χ1) is 13.4. The minimum Gasteiger partial charge on any atom is -0.481 e. The predicted octanol–water partition coefficient (Wildman–Crippen LogP) is 5.90. The summed E-state index contributed by atoms with van der Waals surface area (Å²) in [7, 11) is 0. The highest BCUT2D eigenvalue weighted by Crippen LogP contribution is 2.89. The van der Waals surface area contributed by atoms with E-state index in [0.717, 1.165) is 12.3 Å². The molecule has 164 valence electrons. The van der Waals surface area contributed by atoms with Gasteiger partial charge < -0.3 is 10.2 Å². The van der Waals surface area contributed by atoms with Crippen molar-refractivity contribution in [2.24, 2.45) is 50.7 Å². The fraction of sp³-hybridized carbons (Fsp3) is 0.962. The zero-order valence-electron chi connectivity index (χ0n) is 19.3. The van der Waals surface area contributed by atoms with Gasteiger partial charge in [-0.1, -0.05) is 34.6 Å². The zero-order valence-corrected chi connectivity index (χ0v) is 19.3. The summed E-state index contributed by atoms with van der Waals surface area (Å²) in [6.07, 6.45) is 11.6. The first kappa shape index (κ1) is 20.3. The second kappa shape index (κ2) is 5.81. The molecule has 2 N–H and O–H groups in total. The van der Waals surface area contributed by atoms with E-state index in [1.807, 2.05) is 0 Å². The Morgan fingerprint density at radius 1 is 0.897 bits per heavy atom. The monoisotopic (exact) mass is 402 g/mol. The molecule has 0 radical (unpaired) electrons. The molecule has 2 unspecified atom stereocenters. The smallest absolute Gasteiger partial charge is 0.303 e. The Bertz CT molecular complexity index is 729. The van der Waals surface area contributed by atoms with Gasteiger partial charge in [0, 0.05) is 6.42 Å². The van der Waals surface area contributed by atoms with E-state index < -0.39 is 5.97 Å². The van der Waals surface area contributed by atoms with Crippen molar-refractivity contribution in [1.29, 1.82) is 0 Å². The minimum absolute atomic E-state index is 0.0581. The van der Waals surface area contributed by atoms with Gasteiger partial charge >= 0.3 is 5.97 Å². The normalized spacial score (nSPS) is 55.8. The van der Waals surface area contributed by atoms with Crippen LogP contribution in [0, 0.1) is 50.7 Å². The number of rotatable bonds is 3. The maximum absolute atomic E-state index is 11.4. The van der Waals surface area contributed by atoms with Crippen molar-refractivity contribution in [3.05, 3.63) is 0 Å². The SMILES string of the molecule is C[C@H](CC(=O)O)[C@H]1CC[C@@]2(C)C3CCC4C(C)(C)[C@@H](O)CC[C@@]45C[C@@]35CC[C@]12C. The fourth-order valence-electron chi connectivity index (χ4n) is 10.7. The maximum atomic E-state index is 11.4. The third-order valence-electron chi connectivity index (χ3n) is 12.3. The molecular formula is C26H42O3. The lowest BCUT2D eigenvalue weighted by Crippen LogP contribution is -2.57. The van der Waals surface area contributed by atoms with Crippen LogP contribution < -0.4 is 0 Å². The van der Waals surface area contributed by atoms with Crippen LogP contribution in [-0.4, -0.2) is 22.3 Å². The summed E-state index contributed by atoms with van der Waals surface area (Å²) in [4.78, 5) is 11.4. The Morgan fingerprint density at radius 3 is 2.24 bits per heavy atom. The Morgan fingerprint density at radius 2 is 1.55 bits per heavy atom. The average Bonchev–Trinajstić information content (AvgIpc) is 3.21. The predicted molar refractivity (Wildman–Crippen MR) is 114 cm³/mol. The topological polar surface area (TPSA) is 57.5 Å². The molecule has 5 aliphatic rings. The average molecular weight is 403 g/mol. The molecule has 5 fully saturated rings. The molecule has 5 aliphatic carbocycles. The van der Waals surface area contributed by atoms with Crippen molar-refractivity contribution in [2.45, 2.75) is 105 Å². The third-order valence-corrected chi connectivity index (χ3v) is 12.3. The van der Waals surface area contributed by atoms with E-state index in [1.54, 1.807) is 0 Å². The van der Waals surface area contributed by atoms with Gasteiger partial charge in [0.2, 0.25) is 0 Å². The van der Waals surface area contributed by atoms with Crippen LogP contribution in [0.4, 0.5) is 0 Å². The molecule has 29 heavy (non-hydrogen) atoms. The standard InChI is InChI=1S/C26H42O3/c1-16(14-21(28)29)17-8-10-24(5)19-7-6-18-22(2,3)20(27)9-11-25(18)15-26(19,25)13-12-23(17,24)4/h16-20,27H,6-15H2,1-5H3,(H,28,29)/t16-,17-,18?,19?,20+,23-,24+,25-,26+/m1/s1. The third kappa shape index (κ3) is 2.22. The summed E-state index contributed by atoms with van der Waals surface area (Å²) >= 11 is 0. The van der Waals surface area contributed by atoms with Crippen LogP contribution in [0.5, 0.6) is 0 Å². The molecular weight excluding hydrogens is 360 g/mol. The molecule has 2 spiro atoms. The first-order valence-electron chi connectivity index (χ1n) is 12.3. The number of hydrogen-bond acceptors (Lipinski definition) is 2. The number of fused-ring (bicyclic) bond motifs is 2. The van der Waals surface area contributed by atoms with Gasteiger partial charge in [0.15, 0.2) is 0 Å². The number of carbonyl (C=O) groups is 1. The molecule has 0 aromatic rings. The van der Waals surface area contributed by atoms with Crippen LogP contribution >= 0.6 is 0 Å². The second-order valence-electron chi connectivity index (χ2n) is 13.1. The zero-order chi connectivity index (χ0) is 21.0. The summed E-state index contributed by atoms with van der Waals surface area (Å²) in [5.41, 5.74) is 1.72. The molecule has 5 saturated carbocycles. The number of hydrogen-bond donors (Lipinski definition) is 2. The van der Waals surface area contributed by atoms with Gasteiger partial charge in [0.25, 0.3) is 0 Å². The molecule has 0 aromatic carbocycles. The van der Waals surface area contributed by atoms with Crippen molar-refractivity contribution in [3.8, 4) is 0 Å². The van der Waals surface area contributed by atoms with E-state index in [1.165, 1.54) is 51.4 Å². The molecule has 0 amide bonds. The van der Waals surface area contributed by atoms with Crippen molar-refractivity contribution in [3.63, 3.8) is 0 Å². The van der Waals surface area contributed by atoms with Crippen LogP contribution in [0.3, 0.4) is 0 Å². The first-order valence-corrected chi connectivity index (χ1v) is 12.3. The van der Waals surface area contributed by atoms with Crippen LogP contribution in [0.2, 0.25) is 0 Å². The Hall–Kier alpha value is -0.570. The molecule has 0 heterocycles. The molecule has 0 aromatic heterocycles. The number of aliphatic hydroxyl groups is 1. The Labute approximate surface area is 177 Å². The van der Waals surface area contributed by atoms with Crippen molar-refractivity contribution in [2.75, 3.05) is 0 Å². The lowest BCUT2D eigenvalue weighted by atomic mass is 9.42. The van der Waals surface area contributed by atoms with Crippen LogP contribution in [0.15, 0.2) is 0 Å². The van der Waals surface area contributed by atoms with Gasteiger partial charge in [-0.3, -0.25) is 4.79 Å². The van der Waals surface area contributed by atoms with Gasteiger partial charge in [-0.05, 0) is 109 Å². The van der Waals surface area contributed by atoms with Gasteiger partial charge in [-0.15, -0.1) is 0 Å². The molecule has 5 rings (SSSR count). The van der Waals surface area contributed by atoms with Gasteiger partial charge in [-0.2, -0.15) is 0 Å². The summed E-state index contributed by atoms with van der Waals surface area (Å²) in [6.45, 7) is 12.0. The minimum atomic E-state index is -0.633. The lowest BCUT2D eigenvalue weighted by molar-refractivity contribution is -0.162. The molecule has 3 nitrogen and oxygen atoms in total.